The van der Waals surface area contributed by atoms with E-state index < -0.39 is 11.9 Å². The Balaban J connectivity index is 2.56. The second kappa shape index (κ2) is 6.20. The Bertz CT molecular complexity index is 435. The summed E-state index contributed by atoms with van der Waals surface area (Å²) in [5.74, 6) is -1.71. The molecule has 0 fully saturated rings. The van der Waals surface area contributed by atoms with E-state index in [1.807, 2.05) is 6.92 Å². The molecule has 1 aromatic heterocycles. The molecule has 0 unspecified atom stereocenters. The van der Waals surface area contributed by atoms with Gasteiger partial charge in [0.2, 0.25) is 0 Å². The average Bonchev–Trinajstić information content (AvgIpc) is 2.27. The second-order valence-electron chi connectivity index (χ2n) is 3.34. The number of esters is 1. The average molecular weight is 257 g/mol. The molecule has 0 saturated carbocycles. The molecule has 1 rings (SSSR count). The monoisotopic (exact) mass is 256 g/mol. The molecule has 0 aromatic carbocycles. The van der Waals surface area contributed by atoms with E-state index in [1.54, 1.807) is 19.2 Å². The van der Waals surface area contributed by atoms with Gasteiger partial charge in [-0.05, 0) is 25.5 Å². The molecule has 0 radical (unpaired) electrons. The molecule has 0 aliphatic heterocycles. The zero-order chi connectivity index (χ0) is 12.8. The summed E-state index contributed by atoms with van der Waals surface area (Å²) < 4.78 is 4.54. The van der Waals surface area contributed by atoms with E-state index in [4.69, 9.17) is 11.6 Å². The van der Waals surface area contributed by atoms with Crippen LogP contribution < -0.4 is 5.32 Å². The number of aromatic nitrogens is 1. The summed E-state index contributed by atoms with van der Waals surface area (Å²) in [7, 11) is 0. The van der Waals surface area contributed by atoms with Gasteiger partial charge in [0, 0.05) is 6.20 Å². The normalized spacial score (nSPS) is 9.82. The van der Waals surface area contributed by atoms with Crippen LogP contribution in [0.1, 0.15) is 18.2 Å². The van der Waals surface area contributed by atoms with Gasteiger partial charge in [-0.1, -0.05) is 11.6 Å². The first-order valence-electron chi connectivity index (χ1n) is 5.10. The topological polar surface area (TPSA) is 68.3 Å². The van der Waals surface area contributed by atoms with Crippen LogP contribution in [0.3, 0.4) is 0 Å². The molecule has 0 bridgehead atoms. The van der Waals surface area contributed by atoms with Gasteiger partial charge in [0.05, 0.1) is 23.9 Å². The third kappa shape index (κ3) is 4.03. The van der Waals surface area contributed by atoms with Crippen LogP contribution in [0, 0.1) is 6.92 Å². The highest BCUT2D eigenvalue weighted by Gasteiger charge is 2.14. The van der Waals surface area contributed by atoms with Crippen molar-refractivity contribution in [2.45, 2.75) is 20.4 Å². The summed E-state index contributed by atoms with van der Waals surface area (Å²) in [5.41, 5.74) is 1.44. The quantitative estimate of drug-likeness (QED) is 0.652. The highest BCUT2D eigenvalue weighted by atomic mass is 35.5. The number of nitrogens with one attached hydrogen (secondary N) is 1. The van der Waals surface area contributed by atoms with Crippen molar-refractivity contribution < 1.29 is 14.3 Å². The van der Waals surface area contributed by atoms with Crippen LogP contribution in [0.15, 0.2) is 12.3 Å². The number of carbonyl (C=O) groups is 2. The van der Waals surface area contributed by atoms with E-state index in [1.165, 1.54) is 0 Å². The van der Waals surface area contributed by atoms with E-state index in [0.717, 1.165) is 5.56 Å². The number of amides is 1. The number of rotatable bonds is 3. The minimum atomic E-state index is -0.907. The predicted octanol–water partition coefficient (Wildman–Crippen LogP) is 1.22. The largest absolute Gasteiger partial charge is 0.459 e. The Hall–Kier alpha value is -1.62. The zero-order valence-corrected chi connectivity index (χ0v) is 10.4. The minimum absolute atomic E-state index is 0.0940. The summed E-state index contributed by atoms with van der Waals surface area (Å²) in [5, 5.41) is 2.84. The highest BCUT2D eigenvalue weighted by Crippen LogP contribution is 2.14. The maximum atomic E-state index is 11.2. The van der Waals surface area contributed by atoms with E-state index in [0.29, 0.717) is 10.7 Å². The third-order valence-electron chi connectivity index (χ3n) is 1.93. The van der Waals surface area contributed by atoms with Crippen LogP contribution in [0.4, 0.5) is 0 Å². The van der Waals surface area contributed by atoms with Crippen molar-refractivity contribution in [3.63, 3.8) is 0 Å². The van der Waals surface area contributed by atoms with Crippen molar-refractivity contribution in [2.75, 3.05) is 6.61 Å². The third-order valence-corrected chi connectivity index (χ3v) is 2.26. The van der Waals surface area contributed by atoms with Gasteiger partial charge in [-0.25, -0.2) is 4.79 Å². The second-order valence-corrected chi connectivity index (χ2v) is 3.75. The van der Waals surface area contributed by atoms with Crippen LogP contribution >= 0.6 is 11.6 Å². The van der Waals surface area contributed by atoms with Gasteiger partial charge in [0.1, 0.15) is 0 Å². The maximum absolute atomic E-state index is 11.2. The molecule has 0 saturated heterocycles. The van der Waals surface area contributed by atoms with E-state index in [9.17, 15) is 9.59 Å². The fraction of sp³-hybridized carbons (Fsp3) is 0.364. The van der Waals surface area contributed by atoms with E-state index >= 15 is 0 Å². The molecule has 0 aliphatic carbocycles. The summed E-state index contributed by atoms with van der Waals surface area (Å²) in [6.45, 7) is 3.75. The number of aryl methyl sites for hydroxylation is 1. The Morgan fingerprint density at radius 1 is 1.53 bits per heavy atom. The summed E-state index contributed by atoms with van der Waals surface area (Å²) in [6.07, 6.45) is 1.64. The van der Waals surface area contributed by atoms with Gasteiger partial charge in [0.15, 0.2) is 0 Å². The highest BCUT2D eigenvalue weighted by molar-refractivity contribution is 6.32. The van der Waals surface area contributed by atoms with Gasteiger partial charge < -0.3 is 10.1 Å². The summed E-state index contributed by atoms with van der Waals surface area (Å²) in [6, 6.07) is 1.74. The number of hydrogen-bond acceptors (Lipinski definition) is 4. The first-order valence-corrected chi connectivity index (χ1v) is 5.48. The molecule has 1 N–H and O–H groups in total. The summed E-state index contributed by atoms with van der Waals surface area (Å²) in [4.78, 5) is 26.3. The van der Waals surface area contributed by atoms with E-state index in [-0.39, 0.29) is 13.2 Å². The Morgan fingerprint density at radius 3 is 2.82 bits per heavy atom. The molecule has 1 aromatic rings. The van der Waals surface area contributed by atoms with Gasteiger partial charge in [-0.2, -0.15) is 0 Å². The lowest BCUT2D eigenvalue weighted by molar-refractivity contribution is -0.154. The Morgan fingerprint density at radius 2 is 2.24 bits per heavy atom. The SMILES string of the molecule is CCOC(=O)C(=O)NCc1ncc(C)cc1Cl. The van der Waals surface area contributed by atoms with Crippen LogP contribution in [0.25, 0.3) is 0 Å². The number of pyridine rings is 1. The predicted molar refractivity (Wildman–Crippen MR) is 62.5 cm³/mol. The molecule has 5 nitrogen and oxygen atoms in total. The van der Waals surface area contributed by atoms with Crippen LogP contribution in [-0.4, -0.2) is 23.5 Å². The van der Waals surface area contributed by atoms with Crippen LogP contribution in [0.2, 0.25) is 5.02 Å². The minimum Gasteiger partial charge on any atom is -0.459 e. The van der Waals surface area contributed by atoms with Gasteiger partial charge >= 0.3 is 11.9 Å². The smallest absolute Gasteiger partial charge is 0.396 e. The Kier molecular flexibility index (Phi) is 4.90. The van der Waals surface area contributed by atoms with Crippen molar-refractivity contribution in [1.82, 2.24) is 10.3 Å². The fourth-order valence-corrected chi connectivity index (χ4v) is 1.41. The standard InChI is InChI=1S/C11H13ClN2O3/c1-3-17-11(16)10(15)14-6-9-8(12)4-7(2)5-13-9/h4-5H,3,6H2,1-2H3,(H,14,15). The van der Waals surface area contributed by atoms with E-state index in [2.05, 4.69) is 15.0 Å². The van der Waals surface area contributed by atoms with Gasteiger partial charge in [0.25, 0.3) is 0 Å². The van der Waals surface area contributed by atoms with Crippen molar-refractivity contribution in [3.8, 4) is 0 Å². The van der Waals surface area contributed by atoms with Crippen LogP contribution in [-0.2, 0) is 20.9 Å². The molecule has 0 spiro atoms. The number of hydrogen-bond donors (Lipinski definition) is 1. The lowest BCUT2D eigenvalue weighted by Crippen LogP contribution is -2.32. The molecule has 6 heteroatoms. The lowest BCUT2D eigenvalue weighted by Gasteiger charge is -2.06. The zero-order valence-electron chi connectivity index (χ0n) is 9.62. The van der Waals surface area contributed by atoms with Crippen LogP contribution in [0.5, 0.6) is 0 Å². The number of halogens is 1. The molecule has 0 aliphatic rings. The van der Waals surface area contributed by atoms with Gasteiger partial charge in [-0.3, -0.25) is 9.78 Å². The molecular formula is C11H13ClN2O3. The molecule has 1 heterocycles. The summed E-state index contributed by atoms with van der Waals surface area (Å²) >= 11 is 5.92. The molecule has 92 valence electrons. The first kappa shape index (κ1) is 13.4. The van der Waals surface area contributed by atoms with Crippen molar-refractivity contribution in [3.05, 3.63) is 28.5 Å². The molecule has 1 amide bonds. The lowest BCUT2D eigenvalue weighted by atomic mass is 10.2. The van der Waals surface area contributed by atoms with Gasteiger partial charge in [-0.15, -0.1) is 0 Å². The Labute approximate surface area is 104 Å². The number of ether oxygens (including phenoxy) is 1. The molecular weight excluding hydrogens is 244 g/mol. The molecule has 0 atom stereocenters. The van der Waals surface area contributed by atoms with Crippen molar-refractivity contribution >= 4 is 23.5 Å². The number of nitrogens with zero attached hydrogens (tertiary/aromatic N) is 1. The molecule has 17 heavy (non-hydrogen) atoms. The maximum Gasteiger partial charge on any atom is 0.396 e. The number of carbonyl (C=O) groups excluding carboxylic acids is 2. The first-order chi connectivity index (χ1) is 8.04. The fourth-order valence-electron chi connectivity index (χ4n) is 1.12. The van der Waals surface area contributed by atoms with Crippen molar-refractivity contribution in [1.29, 1.82) is 0 Å². The van der Waals surface area contributed by atoms with Crippen molar-refractivity contribution in [2.24, 2.45) is 0 Å².